The van der Waals surface area contributed by atoms with Gasteiger partial charge in [-0.2, -0.15) is 0 Å². The molecule has 2 unspecified atom stereocenters. The van der Waals surface area contributed by atoms with Gasteiger partial charge >= 0.3 is 0 Å². The summed E-state index contributed by atoms with van der Waals surface area (Å²) in [6.45, 7) is 4.10. The number of hydrogen-bond acceptors (Lipinski definition) is 2. The maximum absolute atomic E-state index is 3.79. The molecule has 1 aliphatic carbocycles. The zero-order valence-corrected chi connectivity index (χ0v) is 16.5. The Morgan fingerprint density at radius 2 is 1.32 bits per heavy atom. The van der Waals surface area contributed by atoms with Crippen LogP contribution in [-0.4, -0.2) is 12.1 Å². The van der Waals surface area contributed by atoms with E-state index >= 15 is 0 Å². The Kier molecular flexibility index (Phi) is 10.1. The zero-order valence-electron chi connectivity index (χ0n) is 14.9. The van der Waals surface area contributed by atoms with Crippen LogP contribution in [0.1, 0.15) is 42.4 Å². The van der Waals surface area contributed by atoms with E-state index in [0.29, 0.717) is 12.1 Å². The van der Waals surface area contributed by atoms with Crippen molar-refractivity contribution in [3.8, 4) is 0 Å². The van der Waals surface area contributed by atoms with E-state index < -0.39 is 0 Å². The predicted octanol–water partition coefficient (Wildman–Crippen LogP) is 5.03. The largest absolute Gasteiger partial charge is 0.308 e. The summed E-state index contributed by atoms with van der Waals surface area (Å²) in [4.78, 5) is 0. The lowest BCUT2D eigenvalue weighted by molar-refractivity contribution is 0.281. The Hall–Kier alpha value is -1.06. The standard InChI is InChI=1S/C21H28N2.2ClH/c1-17-8-7-11-19(14-17)16-23-21-13-6-5-12-20(21)22-15-18-9-3-2-4-10-18;;/h2-4,7-11,14,20-23H,5-6,12-13,15-16H2,1H3;2*1H. The molecule has 2 aromatic carbocycles. The average molecular weight is 381 g/mol. The van der Waals surface area contributed by atoms with E-state index in [0.717, 1.165) is 13.1 Å². The van der Waals surface area contributed by atoms with Crippen molar-refractivity contribution in [3.63, 3.8) is 0 Å². The van der Waals surface area contributed by atoms with Crippen LogP contribution in [0.4, 0.5) is 0 Å². The number of halogens is 2. The summed E-state index contributed by atoms with van der Waals surface area (Å²) < 4.78 is 0. The van der Waals surface area contributed by atoms with E-state index in [1.807, 2.05) is 0 Å². The SMILES string of the molecule is Cc1cccc(CNC2CCCCC2NCc2ccccc2)c1.Cl.Cl. The quantitative estimate of drug-likeness (QED) is 0.733. The van der Waals surface area contributed by atoms with Gasteiger partial charge in [0.05, 0.1) is 0 Å². The van der Waals surface area contributed by atoms with Crippen molar-refractivity contribution in [1.82, 2.24) is 10.6 Å². The summed E-state index contributed by atoms with van der Waals surface area (Å²) in [5.74, 6) is 0. The van der Waals surface area contributed by atoms with Crippen molar-refractivity contribution in [2.45, 2.75) is 57.8 Å². The van der Waals surface area contributed by atoms with Gasteiger partial charge in [-0.05, 0) is 30.9 Å². The summed E-state index contributed by atoms with van der Waals surface area (Å²) in [6.07, 6.45) is 5.24. The van der Waals surface area contributed by atoms with Crippen LogP contribution >= 0.6 is 24.8 Å². The number of benzene rings is 2. The van der Waals surface area contributed by atoms with Gasteiger partial charge < -0.3 is 10.6 Å². The minimum Gasteiger partial charge on any atom is -0.308 e. The highest BCUT2D eigenvalue weighted by Crippen LogP contribution is 2.20. The molecule has 2 aromatic rings. The number of aryl methyl sites for hydroxylation is 1. The van der Waals surface area contributed by atoms with Crippen LogP contribution in [0.2, 0.25) is 0 Å². The van der Waals surface area contributed by atoms with E-state index in [-0.39, 0.29) is 24.8 Å². The fraction of sp³-hybridized carbons (Fsp3) is 0.429. The van der Waals surface area contributed by atoms with Crippen LogP contribution in [-0.2, 0) is 13.1 Å². The molecular formula is C21H30Cl2N2. The van der Waals surface area contributed by atoms with Crippen molar-refractivity contribution in [3.05, 3.63) is 71.3 Å². The Bertz CT molecular complexity index is 604. The molecule has 0 amide bonds. The third-order valence-electron chi connectivity index (χ3n) is 4.83. The van der Waals surface area contributed by atoms with Crippen molar-refractivity contribution in [1.29, 1.82) is 0 Å². The molecule has 0 aliphatic heterocycles. The van der Waals surface area contributed by atoms with E-state index in [1.165, 1.54) is 42.4 Å². The lowest BCUT2D eigenvalue weighted by Crippen LogP contribution is -2.49. The Balaban J connectivity index is 0.00000156. The smallest absolute Gasteiger partial charge is 0.0224 e. The number of hydrogen-bond donors (Lipinski definition) is 2. The van der Waals surface area contributed by atoms with E-state index in [9.17, 15) is 0 Å². The molecule has 1 saturated carbocycles. The lowest BCUT2D eigenvalue weighted by Gasteiger charge is -2.33. The first-order valence-electron chi connectivity index (χ1n) is 8.87. The molecule has 0 heterocycles. The normalized spacial score (nSPS) is 19.6. The van der Waals surface area contributed by atoms with E-state index in [4.69, 9.17) is 0 Å². The van der Waals surface area contributed by atoms with Gasteiger partial charge in [0.15, 0.2) is 0 Å². The van der Waals surface area contributed by atoms with Gasteiger partial charge in [0, 0.05) is 25.2 Å². The Morgan fingerprint density at radius 3 is 1.92 bits per heavy atom. The minimum atomic E-state index is 0. The fourth-order valence-corrected chi connectivity index (χ4v) is 3.54. The maximum atomic E-state index is 3.79. The monoisotopic (exact) mass is 380 g/mol. The molecule has 0 saturated heterocycles. The van der Waals surface area contributed by atoms with Crippen LogP contribution in [0.25, 0.3) is 0 Å². The molecule has 0 bridgehead atoms. The first-order valence-corrected chi connectivity index (χ1v) is 8.87. The van der Waals surface area contributed by atoms with E-state index in [1.54, 1.807) is 0 Å². The molecule has 0 aromatic heterocycles. The predicted molar refractivity (Wildman–Crippen MR) is 112 cm³/mol. The topological polar surface area (TPSA) is 24.1 Å². The van der Waals surface area contributed by atoms with Gasteiger partial charge in [-0.3, -0.25) is 0 Å². The van der Waals surface area contributed by atoms with Crippen LogP contribution in [0, 0.1) is 6.92 Å². The summed E-state index contributed by atoms with van der Waals surface area (Å²) in [7, 11) is 0. The van der Waals surface area contributed by atoms with Crippen LogP contribution in [0.3, 0.4) is 0 Å². The van der Waals surface area contributed by atoms with Gasteiger partial charge in [-0.15, -0.1) is 24.8 Å². The Labute approximate surface area is 164 Å². The molecule has 4 heteroatoms. The second-order valence-electron chi connectivity index (χ2n) is 6.73. The molecule has 1 aliphatic rings. The number of nitrogens with one attached hydrogen (secondary N) is 2. The third kappa shape index (κ3) is 6.99. The van der Waals surface area contributed by atoms with Crippen LogP contribution in [0.15, 0.2) is 54.6 Å². The van der Waals surface area contributed by atoms with Crippen molar-refractivity contribution >= 4 is 24.8 Å². The summed E-state index contributed by atoms with van der Waals surface area (Å²) in [6, 6.07) is 20.7. The summed E-state index contributed by atoms with van der Waals surface area (Å²) in [5, 5.41) is 7.56. The van der Waals surface area contributed by atoms with Crippen molar-refractivity contribution in [2.24, 2.45) is 0 Å². The fourth-order valence-electron chi connectivity index (χ4n) is 3.54. The van der Waals surface area contributed by atoms with Gasteiger partial charge in [-0.25, -0.2) is 0 Å². The van der Waals surface area contributed by atoms with Crippen LogP contribution in [0.5, 0.6) is 0 Å². The molecule has 2 nitrogen and oxygen atoms in total. The van der Waals surface area contributed by atoms with E-state index in [2.05, 4.69) is 72.2 Å². The molecule has 1 fully saturated rings. The molecule has 3 rings (SSSR count). The molecule has 0 spiro atoms. The molecule has 25 heavy (non-hydrogen) atoms. The first-order chi connectivity index (χ1) is 11.3. The minimum absolute atomic E-state index is 0. The van der Waals surface area contributed by atoms with Gasteiger partial charge in [-0.1, -0.05) is 73.0 Å². The molecule has 2 atom stereocenters. The maximum Gasteiger partial charge on any atom is 0.0224 e. The van der Waals surface area contributed by atoms with Gasteiger partial charge in [0.25, 0.3) is 0 Å². The first kappa shape index (κ1) is 22.0. The molecular weight excluding hydrogens is 351 g/mol. The van der Waals surface area contributed by atoms with Gasteiger partial charge in [0.1, 0.15) is 0 Å². The highest BCUT2D eigenvalue weighted by atomic mass is 35.5. The lowest BCUT2D eigenvalue weighted by atomic mass is 9.90. The molecule has 0 radical (unpaired) electrons. The summed E-state index contributed by atoms with van der Waals surface area (Å²) in [5.41, 5.74) is 4.10. The second kappa shape index (κ2) is 11.5. The highest BCUT2D eigenvalue weighted by Gasteiger charge is 2.24. The van der Waals surface area contributed by atoms with Crippen molar-refractivity contribution < 1.29 is 0 Å². The number of rotatable bonds is 6. The van der Waals surface area contributed by atoms with Gasteiger partial charge in [0.2, 0.25) is 0 Å². The second-order valence-corrected chi connectivity index (χ2v) is 6.73. The van der Waals surface area contributed by atoms with Crippen LogP contribution < -0.4 is 10.6 Å². The third-order valence-corrected chi connectivity index (χ3v) is 4.83. The van der Waals surface area contributed by atoms with Crippen molar-refractivity contribution in [2.75, 3.05) is 0 Å². The molecule has 138 valence electrons. The highest BCUT2D eigenvalue weighted by molar-refractivity contribution is 5.85. The average Bonchev–Trinajstić information content (AvgIpc) is 2.60. The molecule has 2 N–H and O–H groups in total. The zero-order chi connectivity index (χ0) is 15.9. The Morgan fingerprint density at radius 1 is 0.760 bits per heavy atom. The summed E-state index contributed by atoms with van der Waals surface area (Å²) >= 11 is 0.